The Balaban J connectivity index is 2.17. The fourth-order valence-corrected chi connectivity index (χ4v) is 3.47. The zero-order chi connectivity index (χ0) is 15.1. The van der Waals surface area contributed by atoms with Gasteiger partial charge in [-0.25, -0.2) is 4.79 Å². The molecule has 5 atom stereocenters. The predicted octanol–water partition coefficient (Wildman–Crippen LogP) is 1.81. The van der Waals surface area contributed by atoms with Crippen molar-refractivity contribution in [2.75, 3.05) is 0 Å². The molecule has 2 aliphatic rings. The Morgan fingerprint density at radius 2 is 2.15 bits per heavy atom. The summed E-state index contributed by atoms with van der Waals surface area (Å²) in [6.07, 6.45) is 3.50. The number of aliphatic carboxylic acids is 1. The minimum Gasteiger partial charge on any atom is -0.478 e. The van der Waals surface area contributed by atoms with Crippen LogP contribution in [-0.4, -0.2) is 28.9 Å². The van der Waals surface area contributed by atoms with Gasteiger partial charge in [-0.1, -0.05) is 19.9 Å². The Kier molecular flexibility index (Phi) is 3.71. The summed E-state index contributed by atoms with van der Waals surface area (Å²) in [5, 5.41) is 8.63. The van der Waals surface area contributed by atoms with Gasteiger partial charge in [-0.2, -0.15) is 0 Å². The molecule has 0 aromatic rings. The average molecular weight is 280 g/mol. The normalized spacial score (nSPS) is 37.8. The third-order valence-electron chi connectivity index (χ3n) is 4.77. The summed E-state index contributed by atoms with van der Waals surface area (Å²) in [6.45, 7) is 5.36. The number of carbonyl (C=O) groups excluding carboxylic acids is 2. The molecule has 0 bridgehead atoms. The standard InChI is InChI=1S/C15H20O5/c1-8(4-5-11(16)17)12(18)15(3)7-6-10-9(2)14(19)20-13(10)15/h4-5,8-10,13H,6-7H2,1-3H3,(H,16,17)/b5-4+/t8?,9-,10-,13-,15-/m0/s1. The lowest BCUT2D eigenvalue weighted by Crippen LogP contribution is -2.40. The van der Waals surface area contributed by atoms with E-state index < -0.39 is 17.3 Å². The number of rotatable bonds is 4. The first-order chi connectivity index (χ1) is 9.27. The third-order valence-corrected chi connectivity index (χ3v) is 4.77. The maximum atomic E-state index is 12.6. The van der Waals surface area contributed by atoms with Crippen LogP contribution in [0.4, 0.5) is 0 Å². The molecular weight excluding hydrogens is 260 g/mol. The van der Waals surface area contributed by atoms with Crippen LogP contribution in [0.2, 0.25) is 0 Å². The molecule has 1 saturated carbocycles. The first-order valence-electron chi connectivity index (χ1n) is 6.93. The highest BCUT2D eigenvalue weighted by Crippen LogP contribution is 2.52. The van der Waals surface area contributed by atoms with Crippen molar-refractivity contribution >= 4 is 17.7 Å². The Morgan fingerprint density at radius 3 is 2.75 bits per heavy atom. The molecule has 5 heteroatoms. The lowest BCUT2D eigenvalue weighted by molar-refractivity contribution is -0.151. The SMILES string of the molecule is CC(/C=C/C(=O)O)C(=O)[C@]1(C)CC[C@H]2[C@H](C)C(=O)O[C@@H]21. The topological polar surface area (TPSA) is 80.7 Å². The zero-order valence-electron chi connectivity index (χ0n) is 12.0. The van der Waals surface area contributed by atoms with E-state index in [1.807, 2.05) is 13.8 Å². The second-order valence-corrected chi connectivity index (χ2v) is 6.12. The van der Waals surface area contributed by atoms with Crippen molar-refractivity contribution in [3.8, 4) is 0 Å². The van der Waals surface area contributed by atoms with Crippen molar-refractivity contribution in [1.29, 1.82) is 0 Å². The van der Waals surface area contributed by atoms with Gasteiger partial charge >= 0.3 is 11.9 Å². The summed E-state index contributed by atoms with van der Waals surface area (Å²) < 4.78 is 5.41. The van der Waals surface area contributed by atoms with Crippen molar-refractivity contribution in [3.05, 3.63) is 12.2 Å². The van der Waals surface area contributed by atoms with E-state index in [4.69, 9.17) is 9.84 Å². The first kappa shape index (κ1) is 14.8. The van der Waals surface area contributed by atoms with Crippen LogP contribution in [-0.2, 0) is 19.1 Å². The molecule has 0 spiro atoms. The molecule has 1 heterocycles. The summed E-state index contributed by atoms with van der Waals surface area (Å²) in [5.74, 6) is -1.90. The van der Waals surface area contributed by atoms with E-state index in [0.29, 0.717) is 6.42 Å². The van der Waals surface area contributed by atoms with Crippen molar-refractivity contribution < 1.29 is 24.2 Å². The van der Waals surface area contributed by atoms with Gasteiger partial charge in [-0.05, 0) is 19.8 Å². The van der Waals surface area contributed by atoms with E-state index in [1.165, 1.54) is 6.08 Å². The molecule has 1 aliphatic carbocycles. The molecule has 20 heavy (non-hydrogen) atoms. The number of Topliss-reactive ketones (excluding diaryl/α,β-unsaturated/α-hetero) is 1. The van der Waals surface area contributed by atoms with Gasteiger partial charge in [0, 0.05) is 17.9 Å². The molecule has 110 valence electrons. The highest BCUT2D eigenvalue weighted by molar-refractivity contribution is 5.91. The molecule has 1 unspecified atom stereocenters. The van der Waals surface area contributed by atoms with Gasteiger partial charge < -0.3 is 9.84 Å². The Hall–Kier alpha value is -1.65. The van der Waals surface area contributed by atoms with Gasteiger partial charge in [-0.15, -0.1) is 0 Å². The van der Waals surface area contributed by atoms with Crippen molar-refractivity contribution in [2.45, 2.75) is 39.7 Å². The fourth-order valence-electron chi connectivity index (χ4n) is 3.47. The van der Waals surface area contributed by atoms with Gasteiger partial charge in [0.2, 0.25) is 0 Å². The second-order valence-electron chi connectivity index (χ2n) is 6.12. The largest absolute Gasteiger partial charge is 0.478 e. The predicted molar refractivity (Wildman–Crippen MR) is 70.8 cm³/mol. The molecule has 2 fully saturated rings. The maximum absolute atomic E-state index is 12.6. The number of allylic oxidation sites excluding steroid dienone is 1. The van der Waals surface area contributed by atoms with Crippen LogP contribution in [0.15, 0.2) is 12.2 Å². The maximum Gasteiger partial charge on any atom is 0.327 e. The molecule has 5 nitrogen and oxygen atoms in total. The number of fused-ring (bicyclic) bond motifs is 1. The zero-order valence-corrected chi connectivity index (χ0v) is 12.0. The number of hydrogen-bond donors (Lipinski definition) is 1. The van der Waals surface area contributed by atoms with Crippen LogP contribution < -0.4 is 0 Å². The summed E-state index contributed by atoms with van der Waals surface area (Å²) in [6, 6.07) is 0. The molecule has 1 N–H and O–H groups in total. The summed E-state index contributed by atoms with van der Waals surface area (Å²) in [4.78, 5) is 34.8. The number of esters is 1. The van der Waals surface area contributed by atoms with Gasteiger partial charge in [0.25, 0.3) is 0 Å². The molecule has 1 aliphatic heterocycles. The molecule has 0 amide bonds. The van der Waals surface area contributed by atoms with Crippen LogP contribution in [0.3, 0.4) is 0 Å². The lowest BCUT2D eigenvalue weighted by atomic mass is 9.75. The van der Waals surface area contributed by atoms with Gasteiger partial charge in [0.1, 0.15) is 11.9 Å². The average Bonchev–Trinajstić information content (AvgIpc) is 2.86. The quantitative estimate of drug-likeness (QED) is 0.627. The van der Waals surface area contributed by atoms with E-state index in [9.17, 15) is 14.4 Å². The van der Waals surface area contributed by atoms with E-state index in [0.717, 1.165) is 12.5 Å². The van der Waals surface area contributed by atoms with Crippen molar-refractivity contribution in [2.24, 2.45) is 23.2 Å². The summed E-state index contributed by atoms with van der Waals surface area (Å²) in [5.41, 5.74) is -0.701. The van der Waals surface area contributed by atoms with Gasteiger partial charge in [0.05, 0.1) is 11.3 Å². The van der Waals surface area contributed by atoms with Crippen LogP contribution in [0.25, 0.3) is 0 Å². The van der Waals surface area contributed by atoms with E-state index >= 15 is 0 Å². The molecule has 0 aromatic carbocycles. The molecular formula is C15H20O5. The highest BCUT2D eigenvalue weighted by Gasteiger charge is 2.58. The first-order valence-corrected chi connectivity index (χ1v) is 6.93. The number of carbonyl (C=O) groups is 3. The lowest BCUT2D eigenvalue weighted by Gasteiger charge is -2.30. The molecule has 1 saturated heterocycles. The molecule has 0 aromatic heterocycles. The van der Waals surface area contributed by atoms with Crippen molar-refractivity contribution in [3.63, 3.8) is 0 Å². The Labute approximate surface area is 118 Å². The van der Waals surface area contributed by atoms with E-state index in [1.54, 1.807) is 6.92 Å². The van der Waals surface area contributed by atoms with Crippen molar-refractivity contribution in [1.82, 2.24) is 0 Å². The van der Waals surface area contributed by atoms with Gasteiger partial charge in [0.15, 0.2) is 0 Å². The summed E-state index contributed by atoms with van der Waals surface area (Å²) in [7, 11) is 0. The second kappa shape index (κ2) is 5.04. The third kappa shape index (κ3) is 2.25. The molecule has 2 rings (SSSR count). The number of hydrogen-bond acceptors (Lipinski definition) is 4. The van der Waals surface area contributed by atoms with Crippen LogP contribution in [0.1, 0.15) is 33.6 Å². The van der Waals surface area contributed by atoms with Crippen LogP contribution in [0, 0.1) is 23.2 Å². The number of ether oxygens (including phenoxy) is 1. The Morgan fingerprint density at radius 1 is 1.50 bits per heavy atom. The number of carboxylic acids is 1. The van der Waals surface area contributed by atoms with Crippen LogP contribution >= 0.6 is 0 Å². The smallest absolute Gasteiger partial charge is 0.327 e. The number of ketones is 1. The molecule has 0 radical (unpaired) electrons. The number of carboxylic acid groups (broad SMARTS) is 1. The highest BCUT2D eigenvalue weighted by atomic mass is 16.6. The minimum absolute atomic E-state index is 0.0515. The summed E-state index contributed by atoms with van der Waals surface area (Å²) >= 11 is 0. The fraction of sp³-hybridized carbons (Fsp3) is 0.667. The van der Waals surface area contributed by atoms with Crippen LogP contribution in [0.5, 0.6) is 0 Å². The minimum atomic E-state index is -1.07. The van der Waals surface area contributed by atoms with Gasteiger partial charge in [-0.3, -0.25) is 9.59 Å². The Bertz CT molecular complexity index is 481. The van der Waals surface area contributed by atoms with E-state index in [-0.39, 0.29) is 29.7 Å². The van der Waals surface area contributed by atoms with E-state index in [2.05, 4.69) is 0 Å². The monoisotopic (exact) mass is 280 g/mol.